The highest BCUT2D eigenvalue weighted by molar-refractivity contribution is 7.91. The molecule has 0 spiro atoms. The molecule has 0 radical (unpaired) electrons. The molecule has 2 fully saturated rings. The molecule has 2 N–H and O–H groups in total. The first-order valence-electron chi connectivity index (χ1n) is 10.1. The molecule has 2 aliphatic rings. The second kappa shape index (κ2) is 9.13. The minimum atomic E-state index is -2.88. The van der Waals surface area contributed by atoms with Gasteiger partial charge in [-0.05, 0) is 37.5 Å². The Bertz CT molecular complexity index is 801. The van der Waals surface area contributed by atoms with Crippen LogP contribution in [0.1, 0.15) is 17.5 Å². The smallest absolute Gasteiger partial charge is 0.191 e. The van der Waals surface area contributed by atoms with Gasteiger partial charge in [0.2, 0.25) is 0 Å². The van der Waals surface area contributed by atoms with Crippen molar-refractivity contribution in [3.63, 3.8) is 0 Å². The highest BCUT2D eigenvalue weighted by Crippen LogP contribution is 2.23. The first-order chi connectivity index (χ1) is 13.4. The van der Waals surface area contributed by atoms with Crippen molar-refractivity contribution < 1.29 is 8.42 Å². The lowest BCUT2D eigenvalue weighted by Gasteiger charge is -2.37. The molecule has 1 aromatic rings. The lowest BCUT2D eigenvalue weighted by Crippen LogP contribution is -2.50. The van der Waals surface area contributed by atoms with E-state index in [-0.39, 0.29) is 17.5 Å². The van der Waals surface area contributed by atoms with Crippen molar-refractivity contribution in [1.29, 1.82) is 0 Å². The lowest BCUT2D eigenvalue weighted by molar-refractivity contribution is 0.261. The highest BCUT2D eigenvalue weighted by atomic mass is 32.2. The van der Waals surface area contributed by atoms with Gasteiger partial charge in [0.1, 0.15) is 0 Å². The van der Waals surface area contributed by atoms with Crippen molar-refractivity contribution in [3.05, 3.63) is 29.3 Å². The third-order valence-corrected chi connectivity index (χ3v) is 7.57. The molecule has 8 heteroatoms. The predicted molar refractivity (Wildman–Crippen MR) is 116 cm³/mol. The van der Waals surface area contributed by atoms with Gasteiger partial charge >= 0.3 is 0 Å². The maximum Gasteiger partial charge on any atom is 0.191 e. The molecule has 0 bridgehead atoms. The van der Waals surface area contributed by atoms with Gasteiger partial charge in [-0.1, -0.05) is 12.1 Å². The molecule has 0 amide bonds. The van der Waals surface area contributed by atoms with Crippen LogP contribution >= 0.6 is 0 Å². The number of aryl methyl sites for hydroxylation is 1. The van der Waals surface area contributed by atoms with E-state index in [1.54, 1.807) is 7.05 Å². The number of rotatable bonds is 5. The summed E-state index contributed by atoms with van der Waals surface area (Å²) in [5.74, 6) is 1.16. The Balaban J connectivity index is 1.40. The Kier molecular flexibility index (Phi) is 6.82. The van der Waals surface area contributed by atoms with Gasteiger partial charge in [0, 0.05) is 58.0 Å². The van der Waals surface area contributed by atoms with E-state index in [0.29, 0.717) is 12.4 Å². The zero-order valence-corrected chi connectivity index (χ0v) is 18.1. The van der Waals surface area contributed by atoms with Gasteiger partial charge in [-0.15, -0.1) is 0 Å². The molecule has 0 aromatic heterocycles. The van der Waals surface area contributed by atoms with E-state index in [9.17, 15) is 8.42 Å². The normalized spacial score (nSPS) is 23.0. The zero-order chi connectivity index (χ0) is 20.1. The summed E-state index contributed by atoms with van der Waals surface area (Å²) in [4.78, 5) is 9.16. The number of piperazine rings is 1. The minimum Gasteiger partial charge on any atom is -0.369 e. The molecular formula is C20H33N5O2S. The maximum absolute atomic E-state index is 11.6. The first-order valence-corrected chi connectivity index (χ1v) is 11.9. The molecule has 0 saturated carbocycles. The van der Waals surface area contributed by atoms with Crippen LogP contribution in [0.15, 0.2) is 23.2 Å². The van der Waals surface area contributed by atoms with Crippen molar-refractivity contribution in [3.8, 4) is 0 Å². The summed E-state index contributed by atoms with van der Waals surface area (Å²) in [6.07, 6.45) is 0.656. The summed E-state index contributed by atoms with van der Waals surface area (Å²) < 4.78 is 23.2. The Morgan fingerprint density at radius 3 is 2.61 bits per heavy atom. The van der Waals surface area contributed by atoms with E-state index in [2.05, 4.69) is 57.5 Å². The second-order valence-corrected chi connectivity index (χ2v) is 10.0. The number of aliphatic imine (C=N–C) groups is 1. The topological polar surface area (TPSA) is 77.0 Å². The van der Waals surface area contributed by atoms with E-state index in [4.69, 9.17) is 0 Å². The van der Waals surface area contributed by atoms with Gasteiger partial charge in [-0.25, -0.2) is 8.42 Å². The van der Waals surface area contributed by atoms with Crippen molar-refractivity contribution in [2.75, 3.05) is 62.7 Å². The summed E-state index contributed by atoms with van der Waals surface area (Å²) in [6, 6.07) is 6.50. The number of benzene rings is 1. The number of guanidine groups is 1. The van der Waals surface area contributed by atoms with Crippen molar-refractivity contribution in [2.24, 2.45) is 4.99 Å². The summed E-state index contributed by atoms with van der Waals surface area (Å²) in [6.45, 7) is 10.3. The van der Waals surface area contributed by atoms with Crippen LogP contribution in [0.4, 0.5) is 5.69 Å². The maximum atomic E-state index is 11.6. The largest absolute Gasteiger partial charge is 0.369 e. The summed E-state index contributed by atoms with van der Waals surface area (Å²) >= 11 is 0. The standard InChI is InChI=1S/C20H33N5O2S/c1-16-5-4-6-19(17(16)2)25-12-10-24(11-13-25)9-8-22-20(21-3)23-18-7-14-28(26,27)15-18/h4-6,18H,7-15H2,1-3H3,(H2,21,22,23). The number of sulfone groups is 1. The molecule has 3 rings (SSSR count). The molecule has 28 heavy (non-hydrogen) atoms. The number of hydrogen-bond donors (Lipinski definition) is 2. The van der Waals surface area contributed by atoms with Gasteiger partial charge in [0.05, 0.1) is 11.5 Å². The van der Waals surface area contributed by atoms with Gasteiger partial charge in [0.25, 0.3) is 0 Å². The first kappa shape index (κ1) is 20.9. The molecule has 1 atom stereocenters. The van der Waals surface area contributed by atoms with Crippen LogP contribution in [-0.4, -0.2) is 83.1 Å². The molecule has 7 nitrogen and oxygen atoms in total. The second-order valence-electron chi connectivity index (χ2n) is 7.79. The SMILES string of the molecule is CN=C(NCCN1CCN(c2cccc(C)c2C)CC1)NC1CCS(=O)(=O)C1. The van der Waals surface area contributed by atoms with E-state index in [1.807, 2.05) is 0 Å². The van der Waals surface area contributed by atoms with E-state index in [0.717, 1.165) is 39.3 Å². The fourth-order valence-electron chi connectivity index (χ4n) is 3.92. The molecule has 156 valence electrons. The molecule has 1 aromatic carbocycles. The number of hydrogen-bond acceptors (Lipinski definition) is 5. The fourth-order valence-corrected chi connectivity index (χ4v) is 5.59. The monoisotopic (exact) mass is 407 g/mol. The highest BCUT2D eigenvalue weighted by Gasteiger charge is 2.28. The van der Waals surface area contributed by atoms with Gasteiger partial charge in [-0.2, -0.15) is 0 Å². The van der Waals surface area contributed by atoms with Crippen LogP contribution in [0.25, 0.3) is 0 Å². The number of nitrogens with zero attached hydrogens (tertiary/aromatic N) is 3. The molecule has 2 aliphatic heterocycles. The van der Waals surface area contributed by atoms with Crippen molar-refractivity contribution in [1.82, 2.24) is 15.5 Å². The molecule has 2 heterocycles. The minimum absolute atomic E-state index is 0.0303. The summed E-state index contributed by atoms with van der Waals surface area (Å²) in [5.41, 5.74) is 4.08. The quantitative estimate of drug-likeness (QED) is 0.555. The Morgan fingerprint density at radius 1 is 1.21 bits per heavy atom. The zero-order valence-electron chi connectivity index (χ0n) is 17.2. The van der Waals surface area contributed by atoms with Crippen LogP contribution in [0.3, 0.4) is 0 Å². The van der Waals surface area contributed by atoms with Crippen LogP contribution in [0.5, 0.6) is 0 Å². The van der Waals surface area contributed by atoms with Crippen LogP contribution in [-0.2, 0) is 9.84 Å². The average Bonchev–Trinajstić information content (AvgIpc) is 3.02. The van der Waals surface area contributed by atoms with Gasteiger partial charge < -0.3 is 15.5 Å². The van der Waals surface area contributed by atoms with Crippen LogP contribution in [0, 0.1) is 13.8 Å². The summed E-state index contributed by atoms with van der Waals surface area (Å²) in [5, 5.41) is 6.55. The number of anilines is 1. The Morgan fingerprint density at radius 2 is 1.96 bits per heavy atom. The molecular weight excluding hydrogens is 374 g/mol. The van der Waals surface area contributed by atoms with Gasteiger partial charge in [-0.3, -0.25) is 9.89 Å². The third kappa shape index (κ3) is 5.38. The van der Waals surface area contributed by atoms with Crippen LogP contribution < -0.4 is 15.5 Å². The van der Waals surface area contributed by atoms with Gasteiger partial charge in [0.15, 0.2) is 15.8 Å². The van der Waals surface area contributed by atoms with E-state index >= 15 is 0 Å². The lowest BCUT2D eigenvalue weighted by atomic mass is 10.1. The molecule has 1 unspecified atom stereocenters. The molecule has 0 aliphatic carbocycles. The van der Waals surface area contributed by atoms with Crippen molar-refractivity contribution >= 4 is 21.5 Å². The van der Waals surface area contributed by atoms with E-state index in [1.165, 1.54) is 16.8 Å². The number of nitrogens with one attached hydrogen (secondary N) is 2. The average molecular weight is 408 g/mol. The van der Waals surface area contributed by atoms with Crippen molar-refractivity contribution in [2.45, 2.75) is 26.3 Å². The summed E-state index contributed by atoms with van der Waals surface area (Å²) in [7, 11) is -1.16. The fraction of sp³-hybridized carbons (Fsp3) is 0.650. The van der Waals surface area contributed by atoms with E-state index < -0.39 is 9.84 Å². The Labute approximate surface area is 169 Å². The molecule has 2 saturated heterocycles. The third-order valence-electron chi connectivity index (χ3n) is 5.81. The van der Waals surface area contributed by atoms with Crippen LogP contribution in [0.2, 0.25) is 0 Å². The predicted octanol–water partition coefficient (Wildman–Crippen LogP) is 0.778. The Hall–Kier alpha value is -1.80.